The largest absolute Gasteiger partial charge is 0.467 e. The standard InChI is InChI=1S/C19H21NO7/c1-23-12-26-16-8-14(18(21)24-2)9-17(10-16)27-15-6-4-13(5-7-15)11-20-19(22)25-3/h4-10H,11-12H2,1-3H3,(H,20,22). The molecule has 0 radical (unpaired) electrons. The maximum atomic E-state index is 11.8. The molecule has 0 spiro atoms. The van der Waals surface area contributed by atoms with E-state index in [9.17, 15) is 9.59 Å². The molecule has 0 atom stereocenters. The minimum Gasteiger partial charge on any atom is -0.467 e. The highest BCUT2D eigenvalue weighted by Crippen LogP contribution is 2.28. The Kier molecular flexibility index (Phi) is 7.45. The van der Waals surface area contributed by atoms with Gasteiger partial charge in [0.05, 0.1) is 19.8 Å². The third-order valence-electron chi connectivity index (χ3n) is 3.43. The van der Waals surface area contributed by atoms with Crippen LogP contribution in [-0.4, -0.2) is 40.2 Å². The third-order valence-corrected chi connectivity index (χ3v) is 3.43. The lowest BCUT2D eigenvalue weighted by atomic mass is 10.2. The van der Waals surface area contributed by atoms with Crippen LogP contribution >= 0.6 is 0 Å². The predicted molar refractivity (Wildman–Crippen MR) is 96.0 cm³/mol. The molecule has 0 unspecified atom stereocenters. The maximum Gasteiger partial charge on any atom is 0.407 e. The number of ether oxygens (including phenoxy) is 5. The Morgan fingerprint density at radius 3 is 2.22 bits per heavy atom. The van der Waals surface area contributed by atoms with E-state index in [2.05, 4.69) is 10.1 Å². The Morgan fingerprint density at radius 1 is 0.889 bits per heavy atom. The molecule has 0 saturated heterocycles. The van der Waals surface area contributed by atoms with Crippen molar-refractivity contribution < 1.29 is 33.3 Å². The Bertz CT molecular complexity index is 774. The van der Waals surface area contributed by atoms with Gasteiger partial charge in [0.1, 0.15) is 17.2 Å². The number of alkyl carbamates (subject to hydrolysis) is 1. The van der Waals surface area contributed by atoms with Crippen molar-refractivity contribution in [1.82, 2.24) is 5.32 Å². The fraction of sp³-hybridized carbons (Fsp3) is 0.263. The third kappa shape index (κ3) is 6.19. The first kappa shape index (κ1) is 20.1. The molecule has 2 aromatic carbocycles. The predicted octanol–water partition coefficient (Wildman–Crippen LogP) is 3.10. The lowest BCUT2D eigenvalue weighted by Crippen LogP contribution is -2.22. The van der Waals surface area contributed by atoms with Gasteiger partial charge in [-0.15, -0.1) is 0 Å². The average Bonchev–Trinajstić information content (AvgIpc) is 2.70. The highest BCUT2D eigenvalue weighted by atomic mass is 16.7. The molecule has 1 N–H and O–H groups in total. The van der Waals surface area contributed by atoms with Crippen molar-refractivity contribution in [3.63, 3.8) is 0 Å². The van der Waals surface area contributed by atoms with Crippen LogP contribution in [0.5, 0.6) is 17.2 Å². The van der Waals surface area contributed by atoms with Crippen LogP contribution in [0.15, 0.2) is 42.5 Å². The molecule has 144 valence electrons. The molecule has 0 aliphatic heterocycles. The van der Waals surface area contributed by atoms with Gasteiger partial charge in [-0.25, -0.2) is 9.59 Å². The van der Waals surface area contributed by atoms with Crippen molar-refractivity contribution in [2.24, 2.45) is 0 Å². The minimum absolute atomic E-state index is 0.0337. The van der Waals surface area contributed by atoms with E-state index in [1.807, 2.05) is 0 Å². The summed E-state index contributed by atoms with van der Waals surface area (Å²) in [6, 6.07) is 11.8. The number of rotatable bonds is 8. The molecule has 27 heavy (non-hydrogen) atoms. The Hall–Kier alpha value is -3.26. The normalized spacial score (nSPS) is 10.0. The maximum absolute atomic E-state index is 11.8. The van der Waals surface area contributed by atoms with Gasteiger partial charge in [0.25, 0.3) is 0 Å². The number of amides is 1. The summed E-state index contributed by atoms with van der Waals surface area (Å²) in [7, 11) is 4.10. The number of carbonyl (C=O) groups excluding carboxylic acids is 2. The Morgan fingerprint density at radius 2 is 1.59 bits per heavy atom. The molecule has 8 heteroatoms. The van der Waals surface area contributed by atoms with Crippen LogP contribution in [-0.2, 0) is 20.8 Å². The Balaban J connectivity index is 2.12. The van der Waals surface area contributed by atoms with Crippen LogP contribution in [0.1, 0.15) is 15.9 Å². The number of methoxy groups -OCH3 is 3. The summed E-state index contributed by atoms with van der Waals surface area (Å²) in [6.45, 7) is 0.367. The topological polar surface area (TPSA) is 92.3 Å². The molecule has 0 fully saturated rings. The number of carbonyl (C=O) groups is 2. The second-order valence-electron chi connectivity index (χ2n) is 5.33. The van der Waals surface area contributed by atoms with Crippen molar-refractivity contribution in [3.8, 4) is 17.2 Å². The fourth-order valence-electron chi connectivity index (χ4n) is 2.13. The van der Waals surface area contributed by atoms with Gasteiger partial charge in [-0.3, -0.25) is 0 Å². The second-order valence-corrected chi connectivity index (χ2v) is 5.33. The van der Waals surface area contributed by atoms with Gasteiger partial charge in [0.15, 0.2) is 6.79 Å². The van der Waals surface area contributed by atoms with Crippen molar-refractivity contribution in [1.29, 1.82) is 0 Å². The minimum atomic E-state index is -0.507. The molecule has 2 rings (SSSR count). The van der Waals surface area contributed by atoms with Crippen LogP contribution in [0.4, 0.5) is 4.79 Å². The lowest BCUT2D eigenvalue weighted by molar-refractivity contribution is 0.0502. The summed E-state index contributed by atoms with van der Waals surface area (Å²) in [5, 5.41) is 2.59. The zero-order valence-corrected chi connectivity index (χ0v) is 15.3. The van der Waals surface area contributed by atoms with E-state index >= 15 is 0 Å². The quantitative estimate of drug-likeness (QED) is 0.560. The number of esters is 1. The summed E-state index contributed by atoms with van der Waals surface area (Å²) >= 11 is 0. The van der Waals surface area contributed by atoms with Gasteiger partial charge in [0, 0.05) is 19.7 Å². The number of hydrogen-bond donors (Lipinski definition) is 1. The highest BCUT2D eigenvalue weighted by Gasteiger charge is 2.11. The van der Waals surface area contributed by atoms with Crippen molar-refractivity contribution in [2.45, 2.75) is 6.54 Å². The van der Waals surface area contributed by atoms with Gasteiger partial charge in [-0.05, 0) is 29.8 Å². The van der Waals surface area contributed by atoms with Gasteiger partial charge in [-0.2, -0.15) is 0 Å². The first-order valence-electron chi connectivity index (χ1n) is 7.99. The van der Waals surface area contributed by atoms with E-state index in [0.717, 1.165) is 5.56 Å². The molecule has 0 aliphatic carbocycles. The Labute approximate surface area is 156 Å². The van der Waals surface area contributed by atoms with Crippen LogP contribution in [0.3, 0.4) is 0 Å². The summed E-state index contributed by atoms with van der Waals surface area (Å²) in [5.41, 5.74) is 1.17. The number of benzene rings is 2. The van der Waals surface area contributed by atoms with Crippen LogP contribution < -0.4 is 14.8 Å². The van der Waals surface area contributed by atoms with E-state index in [-0.39, 0.29) is 6.79 Å². The second kappa shape index (κ2) is 10.0. The van der Waals surface area contributed by atoms with E-state index in [0.29, 0.717) is 29.4 Å². The van der Waals surface area contributed by atoms with E-state index in [1.54, 1.807) is 42.5 Å². The molecular weight excluding hydrogens is 354 g/mol. The summed E-state index contributed by atoms with van der Waals surface area (Å²) in [4.78, 5) is 22.9. The van der Waals surface area contributed by atoms with Crippen LogP contribution in [0, 0.1) is 0 Å². The first-order valence-corrected chi connectivity index (χ1v) is 7.99. The molecule has 0 saturated carbocycles. The van der Waals surface area contributed by atoms with Gasteiger partial charge < -0.3 is 29.0 Å². The fourth-order valence-corrected chi connectivity index (χ4v) is 2.13. The zero-order valence-electron chi connectivity index (χ0n) is 15.3. The lowest BCUT2D eigenvalue weighted by Gasteiger charge is -2.11. The summed E-state index contributed by atoms with van der Waals surface area (Å²) in [5.74, 6) is 0.863. The van der Waals surface area contributed by atoms with E-state index in [1.165, 1.54) is 21.3 Å². The number of hydrogen-bond acceptors (Lipinski definition) is 7. The molecular formula is C19H21NO7. The van der Waals surface area contributed by atoms with Gasteiger partial charge >= 0.3 is 12.1 Å². The molecule has 0 aromatic heterocycles. The van der Waals surface area contributed by atoms with Crippen molar-refractivity contribution >= 4 is 12.1 Å². The first-order chi connectivity index (χ1) is 13.0. The summed E-state index contributed by atoms with van der Waals surface area (Å²) < 4.78 is 25.3. The SMILES string of the molecule is COCOc1cc(Oc2ccc(CNC(=O)OC)cc2)cc(C(=O)OC)c1. The summed E-state index contributed by atoms with van der Waals surface area (Å²) in [6.07, 6.45) is -0.501. The number of nitrogens with one attached hydrogen (secondary N) is 1. The van der Waals surface area contributed by atoms with Crippen molar-refractivity contribution in [3.05, 3.63) is 53.6 Å². The molecule has 1 amide bonds. The highest BCUT2D eigenvalue weighted by molar-refractivity contribution is 5.90. The molecule has 0 bridgehead atoms. The zero-order chi connectivity index (χ0) is 19.6. The monoisotopic (exact) mass is 375 g/mol. The molecule has 2 aromatic rings. The smallest absolute Gasteiger partial charge is 0.407 e. The molecule has 0 heterocycles. The molecule has 0 aliphatic rings. The average molecular weight is 375 g/mol. The van der Waals surface area contributed by atoms with Crippen LogP contribution in [0.25, 0.3) is 0 Å². The van der Waals surface area contributed by atoms with Crippen LogP contribution in [0.2, 0.25) is 0 Å². The van der Waals surface area contributed by atoms with Gasteiger partial charge in [0.2, 0.25) is 0 Å². The van der Waals surface area contributed by atoms with E-state index < -0.39 is 12.1 Å². The van der Waals surface area contributed by atoms with Gasteiger partial charge in [-0.1, -0.05) is 12.1 Å². The molecule has 8 nitrogen and oxygen atoms in total. The van der Waals surface area contributed by atoms with Crippen molar-refractivity contribution in [2.75, 3.05) is 28.1 Å². The van der Waals surface area contributed by atoms with E-state index in [4.69, 9.17) is 18.9 Å².